The highest BCUT2D eigenvalue weighted by molar-refractivity contribution is 7.98. The van der Waals surface area contributed by atoms with Crippen molar-refractivity contribution in [1.82, 2.24) is 19.9 Å². The van der Waals surface area contributed by atoms with Gasteiger partial charge in [-0.1, -0.05) is 41.6 Å². The fourth-order valence-corrected chi connectivity index (χ4v) is 4.63. The number of rotatable bonds is 10. The minimum atomic E-state index is -0.364. The molecule has 0 aliphatic heterocycles. The summed E-state index contributed by atoms with van der Waals surface area (Å²) >= 11 is 7.79. The first-order valence-electron chi connectivity index (χ1n) is 10.8. The second kappa shape index (κ2) is 11.5. The molecule has 176 valence electrons. The quantitative estimate of drug-likeness (QED) is 0.236. The maximum absolute atomic E-state index is 14.5. The molecule has 9 heteroatoms. The molecule has 0 fully saturated rings. The van der Waals surface area contributed by atoms with E-state index in [1.54, 1.807) is 25.4 Å². The highest BCUT2D eigenvalue weighted by Crippen LogP contribution is 2.29. The lowest BCUT2D eigenvalue weighted by Crippen LogP contribution is -2.25. The lowest BCUT2D eigenvalue weighted by Gasteiger charge is -2.11. The number of imidazole rings is 1. The normalized spacial score (nSPS) is 11.1. The number of nitrogens with zero attached hydrogens (tertiary/aromatic N) is 3. The number of ether oxygens (including phenoxy) is 1. The lowest BCUT2D eigenvalue weighted by atomic mass is 10.1. The number of halogens is 2. The van der Waals surface area contributed by atoms with Gasteiger partial charge in [0.25, 0.3) is 5.91 Å². The van der Waals surface area contributed by atoms with E-state index in [0.29, 0.717) is 45.9 Å². The Labute approximate surface area is 206 Å². The Morgan fingerprint density at radius 2 is 2.00 bits per heavy atom. The molecule has 0 spiro atoms. The predicted molar refractivity (Wildman–Crippen MR) is 133 cm³/mol. The van der Waals surface area contributed by atoms with Crippen molar-refractivity contribution in [3.63, 3.8) is 0 Å². The number of thioether (sulfide) groups is 1. The molecule has 0 aliphatic rings. The summed E-state index contributed by atoms with van der Waals surface area (Å²) in [7, 11) is 1.64. The van der Waals surface area contributed by atoms with Gasteiger partial charge in [-0.05, 0) is 48.4 Å². The molecule has 2 heterocycles. The number of fused-ring (bicyclic) bond motifs is 1. The number of pyridine rings is 1. The van der Waals surface area contributed by atoms with Gasteiger partial charge in [0, 0.05) is 48.4 Å². The molecule has 2 aromatic heterocycles. The Morgan fingerprint density at radius 3 is 2.76 bits per heavy atom. The van der Waals surface area contributed by atoms with Gasteiger partial charge in [0.2, 0.25) is 0 Å². The van der Waals surface area contributed by atoms with Crippen molar-refractivity contribution in [1.29, 1.82) is 0 Å². The first-order chi connectivity index (χ1) is 16.6. The third-order valence-electron chi connectivity index (χ3n) is 5.24. The number of amides is 1. The van der Waals surface area contributed by atoms with Crippen LogP contribution in [0.5, 0.6) is 0 Å². The molecule has 0 radical (unpaired) electrons. The summed E-state index contributed by atoms with van der Waals surface area (Å²) in [5, 5.41) is 3.96. The topological polar surface area (TPSA) is 69.0 Å². The van der Waals surface area contributed by atoms with Gasteiger partial charge in [0.05, 0.1) is 6.54 Å². The predicted octanol–water partition coefficient (Wildman–Crippen LogP) is 5.33. The number of aromatic nitrogens is 3. The third kappa shape index (κ3) is 5.75. The largest absolute Gasteiger partial charge is 0.385 e. The van der Waals surface area contributed by atoms with Gasteiger partial charge in [-0.25, -0.2) is 14.4 Å². The van der Waals surface area contributed by atoms with Crippen molar-refractivity contribution >= 4 is 40.4 Å². The van der Waals surface area contributed by atoms with Crippen LogP contribution in [0.25, 0.3) is 11.2 Å². The fourth-order valence-electron chi connectivity index (χ4n) is 3.45. The van der Waals surface area contributed by atoms with E-state index in [1.165, 1.54) is 17.8 Å². The minimum Gasteiger partial charge on any atom is -0.385 e. The van der Waals surface area contributed by atoms with Gasteiger partial charge < -0.3 is 10.1 Å². The molecule has 2 aromatic carbocycles. The number of hydrogen-bond donors (Lipinski definition) is 1. The summed E-state index contributed by atoms with van der Waals surface area (Å²) in [6, 6.07) is 15.8. The summed E-state index contributed by atoms with van der Waals surface area (Å²) in [6.45, 7) is 1.41. The Bertz CT molecular complexity index is 1260. The molecule has 0 saturated carbocycles. The number of carbonyl (C=O) groups is 1. The van der Waals surface area contributed by atoms with Crippen molar-refractivity contribution in [2.45, 2.75) is 23.9 Å². The molecule has 0 unspecified atom stereocenters. The summed E-state index contributed by atoms with van der Waals surface area (Å²) in [5.41, 5.74) is 3.45. The Hall–Kier alpha value is -2.94. The van der Waals surface area contributed by atoms with Crippen molar-refractivity contribution in [2.24, 2.45) is 0 Å². The zero-order valence-electron chi connectivity index (χ0n) is 18.6. The summed E-state index contributed by atoms with van der Waals surface area (Å²) in [6.07, 6.45) is 2.46. The van der Waals surface area contributed by atoms with Gasteiger partial charge in [-0.3, -0.25) is 9.36 Å². The Balaban J connectivity index is 1.48. The molecular formula is C25H24ClFN4O2S. The third-order valence-corrected chi connectivity index (χ3v) is 6.64. The van der Waals surface area contributed by atoms with Crippen LogP contribution >= 0.6 is 23.4 Å². The standard InChI is InChI=1S/C25H24ClFN4O2S/c1-33-14-4-13-29-24(32)18-10-8-17(9-11-18)16-34-25-30-22-7-3-12-28-23(22)31(25)15-19-20(26)5-2-6-21(19)27/h2-3,5-12H,4,13-16H2,1H3,(H,29,32). The monoisotopic (exact) mass is 498 g/mol. The number of benzene rings is 2. The number of carbonyl (C=O) groups excluding carboxylic acids is 1. The molecule has 0 saturated heterocycles. The van der Waals surface area contributed by atoms with Crippen LogP contribution in [0.2, 0.25) is 5.02 Å². The van der Waals surface area contributed by atoms with E-state index < -0.39 is 0 Å². The van der Waals surface area contributed by atoms with E-state index in [2.05, 4.69) is 10.3 Å². The van der Waals surface area contributed by atoms with Crippen LogP contribution in [-0.2, 0) is 17.0 Å². The van der Waals surface area contributed by atoms with Crippen molar-refractivity contribution < 1.29 is 13.9 Å². The van der Waals surface area contributed by atoms with Crippen LogP contribution in [0.15, 0.2) is 66.0 Å². The molecule has 34 heavy (non-hydrogen) atoms. The average Bonchev–Trinajstić information content (AvgIpc) is 3.20. The number of hydrogen-bond acceptors (Lipinski definition) is 5. The van der Waals surface area contributed by atoms with E-state index in [0.717, 1.165) is 17.5 Å². The second-order valence-corrected chi connectivity index (χ2v) is 8.96. The first-order valence-corrected chi connectivity index (χ1v) is 12.2. The maximum atomic E-state index is 14.5. The number of nitrogens with one attached hydrogen (secondary N) is 1. The number of methoxy groups -OCH3 is 1. The summed E-state index contributed by atoms with van der Waals surface area (Å²) in [5.74, 6) is 0.159. The van der Waals surface area contributed by atoms with Gasteiger partial charge in [0.15, 0.2) is 10.8 Å². The van der Waals surface area contributed by atoms with Crippen molar-refractivity contribution in [3.05, 3.63) is 88.3 Å². The van der Waals surface area contributed by atoms with E-state index in [1.807, 2.05) is 41.0 Å². The SMILES string of the molecule is COCCCNC(=O)c1ccc(CSc2nc3cccnc3n2Cc2c(F)cccc2Cl)cc1. The molecule has 1 amide bonds. The van der Waals surface area contributed by atoms with Gasteiger partial charge in [-0.2, -0.15) is 0 Å². The minimum absolute atomic E-state index is 0.107. The molecule has 0 bridgehead atoms. The molecule has 6 nitrogen and oxygen atoms in total. The van der Waals surface area contributed by atoms with Gasteiger partial charge in [-0.15, -0.1) is 0 Å². The van der Waals surface area contributed by atoms with E-state index in [-0.39, 0.29) is 18.3 Å². The maximum Gasteiger partial charge on any atom is 0.251 e. The van der Waals surface area contributed by atoms with E-state index in [9.17, 15) is 9.18 Å². The molecular weight excluding hydrogens is 475 g/mol. The van der Waals surface area contributed by atoms with Crippen LogP contribution < -0.4 is 5.32 Å². The zero-order valence-corrected chi connectivity index (χ0v) is 20.2. The smallest absolute Gasteiger partial charge is 0.251 e. The van der Waals surface area contributed by atoms with Crippen LogP contribution in [0.4, 0.5) is 4.39 Å². The zero-order chi connectivity index (χ0) is 23.9. The lowest BCUT2D eigenvalue weighted by molar-refractivity contribution is 0.0948. The summed E-state index contributed by atoms with van der Waals surface area (Å²) < 4.78 is 21.3. The van der Waals surface area contributed by atoms with Crippen LogP contribution in [0.1, 0.15) is 27.9 Å². The summed E-state index contributed by atoms with van der Waals surface area (Å²) in [4.78, 5) is 21.4. The molecule has 0 atom stereocenters. The van der Waals surface area contributed by atoms with E-state index >= 15 is 0 Å². The van der Waals surface area contributed by atoms with Crippen molar-refractivity contribution in [3.8, 4) is 0 Å². The van der Waals surface area contributed by atoms with Gasteiger partial charge >= 0.3 is 0 Å². The first kappa shape index (κ1) is 24.2. The van der Waals surface area contributed by atoms with Gasteiger partial charge in [0.1, 0.15) is 11.3 Å². The molecule has 0 aliphatic carbocycles. The van der Waals surface area contributed by atoms with Crippen LogP contribution in [-0.4, -0.2) is 40.7 Å². The molecule has 4 rings (SSSR count). The molecule has 4 aromatic rings. The van der Waals surface area contributed by atoms with Crippen LogP contribution in [0, 0.1) is 5.82 Å². The highest BCUT2D eigenvalue weighted by atomic mass is 35.5. The fraction of sp³-hybridized carbons (Fsp3) is 0.240. The van der Waals surface area contributed by atoms with Crippen LogP contribution in [0.3, 0.4) is 0 Å². The Morgan fingerprint density at radius 1 is 1.18 bits per heavy atom. The average molecular weight is 499 g/mol. The molecule has 1 N–H and O–H groups in total. The second-order valence-electron chi connectivity index (χ2n) is 7.61. The van der Waals surface area contributed by atoms with E-state index in [4.69, 9.17) is 21.3 Å². The highest BCUT2D eigenvalue weighted by Gasteiger charge is 2.16. The van der Waals surface area contributed by atoms with Crippen molar-refractivity contribution in [2.75, 3.05) is 20.3 Å². The Kier molecular flexibility index (Phi) is 8.16.